The van der Waals surface area contributed by atoms with Gasteiger partial charge in [0.25, 0.3) is 0 Å². The minimum Gasteiger partial charge on any atom is -0.665 e. The first-order valence-electron chi connectivity index (χ1n) is 3.06. The van der Waals surface area contributed by atoms with Gasteiger partial charge in [-0.1, -0.05) is 6.47 Å². The van der Waals surface area contributed by atoms with E-state index >= 15 is 0 Å². The van der Waals surface area contributed by atoms with Gasteiger partial charge in [-0.3, -0.25) is 18.9 Å². The molecule has 20 heavy (non-hydrogen) atoms. The second-order valence-corrected chi connectivity index (χ2v) is 1.35. The normalized spacial score (nSPS) is 4.25. The zero-order chi connectivity index (χ0) is 14.4. The van der Waals surface area contributed by atoms with Crippen LogP contribution in [0.2, 0.25) is 0 Å². The number of hydrogen-bond donors (Lipinski definition) is 2. The summed E-state index contributed by atoms with van der Waals surface area (Å²) in [7, 11) is -2.86. The van der Waals surface area contributed by atoms with E-state index in [9.17, 15) is 0 Å². The van der Waals surface area contributed by atoms with Gasteiger partial charge in [0.1, 0.15) is 0 Å². The third-order valence-corrected chi connectivity index (χ3v) is 0. The van der Waals surface area contributed by atoms with Gasteiger partial charge in [0.05, 0.1) is 0 Å². The average Bonchev–Trinajstić information content (AvgIpc) is 2.06. The summed E-state index contributed by atoms with van der Waals surface area (Å²) in [4.78, 5) is 34.3. The van der Waals surface area contributed by atoms with Crippen molar-refractivity contribution in [1.29, 1.82) is 0 Å². The van der Waals surface area contributed by atoms with Crippen LogP contribution in [0.1, 0.15) is 20.8 Å². The van der Waals surface area contributed by atoms with Crippen LogP contribution in [0.25, 0.3) is 0 Å². The summed E-state index contributed by atoms with van der Waals surface area (Å²) in [5, 5.41) is 6.76. The van der Waals surface area contributed by atoms with Crippen LogP contribution in [-0.2, 0) is 38.6 Å². The first kappa shape index (κ1) is 57.8. The van der Waals surface area contributed by atoms with Crippen LogP contribution in [0.5, 0.6) is 0 Å². The number of carbonyl (C=O) groups excluding carboxylic acids is 3. The van der Waals surface area contributed by atoms with E-state index in [1.165, 1.54) is 39.6 Å². The molecule has 112 valence electrons. The van der Waals surface area contributed by atoms with Gasteiger partial charge in [0.2, 0.25) is 0 Å². The molecule has 0 amide bonds. The molecule has 8 nitrogen and oxygen atoms in total. The molecule has 0 radical (unpaired) electrons. The zero-order valence-corrected chi connectivity index (χ0v) is 24.6. The maximum absolute atomic E-state index is 8.68. The van der Waals surface area contributed by atoms with E-state index in [0.29, 0.717) is 6.47 Å². The Morgan fingerprint density at radius 2 is 0.750 bits per heavy atom. The Labute approximate surface area is 192 Å². The summed E-state index contributed by atoms with van der Waals surface area (Å²) in [5.41, 5.74) is 0. The molecular weight excluding hydrogens is 970 g/mol. The number of hydrogen-bond acceptors (Lipinski definition) is 7. The van der Waals surface area contributed by atoms with E-state index < -0.39 is 11.0 Å². The number of aliphatic hydroxyl groups excluding tert-OH is 1. The zero-order valence-electron chi connectivity index (χ0n) is 11.3. The van der Waals surface area contributed by atoms with Crippen molar-refractivity contribution in [3.05, 3.63) is 7.43 Å². The molecule has 0 aliphatic rings. The van der Waals surface area contributed by atoms with Crippen LogP contribution in [0.15, 0.2) is 0 Å². The summed E-state index contributed by atoms with van der Waals surface area (Å²) >= 11 is 0. The van der Waals surface area contributed by atoms with Crippen molar-refractivity contribution in [3.8, 4) is 0 Å². The Hall–Kier alpha value is 1.55. The third-order valence-electron chi connectivity index (χ3n) is 0. The van der Waals surface area contributed by atoms with E-state index in [4.69, 9.17) is 37.3 Å². The molecule has 0 aromatic carbocycles. The molecule has 0 bridgehead atoms. The van der Waals surface area contributed by atoms with Crippen molar-refractivity contribution in [1.82, 2.24) is 0 Å². The quantitative estimate of drug-likeness (QED) is 0.152. The van der Waals surface area contributed by atoms with Crippen molar-refractivity contribution in [2.75, 3.05) is 0 Å². The molecule has 0 heterocycles. The van der Waals surface area contributed by atoms with Crippen molar-refractivity contribution in [2.45, 2.75) is 20.8 Å². The minimum absolute atomic E-state index is 0. The van der Waals surface area contributed by atoms with Gasteiger partial charge < -0.3 is 44.7 Å². The first-order chi connectivity index (χ1) is 7.39. The fourth-order valence-corrected chi connectivity index (χ4v) is 0. The molecule has 0 spiro atoms. The third kappa shape index (κ3) is 2810. The van der Waals surface area contributed by atoms with Crippen LogP contribution in [-0.4, -0.2) is 35.0 Å². The van der Waals surface area contributed by atoms with Gasteiger partial charge in [0, 0.05) is 11.0 Å². The van der Waals surface area contributed by atoms with Crippen molar-refractivity contribution in [3.63, 3.8) is 0 Å². The van der Waals surface area contributed by atoms with Crippen LogP contribution < -0.4 is 0 Å². The Morgan fingerprint density at radius 1 is 0.750 bits per heavy atom. The molecule has 0 aliphatic heterocycles. The molecule has 0 saturated heterocycles. The first-order valence-corrected chi connectivity index (χ1v) is 4.09. The maximum atomic E-state index is 8.68. The summed E-state index contributed by atoms with van der Waals surface area (Å²) in [5.74, 6) is 0. The van der Waals surface area contributed by atoms with E-state index in [1.807, 2.05) is 0 Å². The Balaban J connectivity index is -0.0000000103. The SMILES string of the molecule is C[C-]=O.C[C-]=O.C[C-]=O.O=[C-]O.O=[S-](=O)O.[CH3-].[U+2].[U+2].[U+2]. The van der Waals surface area contributed by atoms with Crippen molar-refractivity contribution < 1.29 is 131 Å². The van der Waals surface area contributed by atoms with Crippen molar-refractivity contribution in [2.24, 2.45) is 0 Å². The van der Waals surface area contributed by atoms with E-state index in [-0.39, 0.29) is 101 Å². The van der Waals surface area contributed by atoms with Crippen molar-refractivity contribution >= 4 is 36.3 Å². The monoisotopic (exact) mass is 984 g/mol. The molecule has 0 saturated carbocycles. The maximum Gasteiger partial charge on any atom is 2.00 e. The second kappa shape index (κ2) is 107. The van der Waals surface area contributed by atoms with E-state index in [0.717, 1.165) is 0 Å². The molecule has 2 N–H and O–H groups in total. The largest absolute Gasteiger partial charge is 2.00 e. The molecule has 0 unspecified atom stereocenters. The molecule has 0 atom stereocenters. The summed E-state index contributed by atoms with van der Waals surface area (Å²) in [6, 6.07) is 0. The second-order valence-electron chi connectivity index (χ2n) is 0.921. The molecule has 0 aromatic rings. The summed E-state index contributed by atoms with van der Waals surface area (Å²) < 4.78 is 24.1. The fourth-order valence-electron chi connectivity index (χ4n) is 0. The topological polar surface area (TPSA) is 143 Å². The Bertz CT molecular complexity index is 180. The Kier molecular flexibility index (Phi) is 311. The molecule has 12 heteroatoms. The molecule has 0 aliphatic carbocycles. The minimum atomic E-state index is -2.86. The molecular formula is C8H14O8SU3. The van der Waals surface area contributed by atoms with E-state index in [1.54, 1.807) is 0 Å². The molecule has 0 rings (SSSR count). The van der Waals surface area contributed by atoms with Gasteiger partial charge in [0.15, 0.2) is 0 Å². The predicted octanol–water partition coefficient (Wildman–Crippen LogP) is 0.179. The summed E-state index contributed by atoms with van der Waals surface area (Å²) in [6.45, 7) is 4.46. The van der Waals surface area contributed by atoms with E-state index in [2.05, 4.69) is 0 Å². The van der Waals surface area contributed by atoms with Crippen LogP contribution in [0, 0.1) is 101 Å². The molecule has 0 aromatic heterocycles. The standard InChI is InChI=1S/3C2H3O.CHO2.CH3.HO3S.3U/c3*1-2-3;2-1-3;;1-4(2)3;;;/h3*1H3;(H,2,3);1H3;(H,1,2,3);;;/q6*-1;3*+2. The predicted molar refractivity (Wildman–Crippen MR) is 60.2 cm³/mol. The van der Waals surface area contributed by atoms with Gasteiger partial charge in [-0.2, -0.15) is 20.8 Å². The van der Waals surface area contributed by atoms with Crippen LogP contribution in [0.4, 0.5) is 0 Å². The average molecular weight is 984 g/mol. The fraction of sp³-hybridized carbons (Fsp3) is 0.375. The van der Waals surface area contributed by atoms with Gasteiger partial charge in [-0.05, 0) is 0 Å². The molecule has 0 fully saturated rings. The number of rotatable bonds is 0. The smallest absolute Gasteiger partial charge is 0.665 e. The van der Waals surface area contributed by atoms with Gasteiger partial charge in [-0.15, -0.1) is 0 Å². The van der Waals surface area contributed by atoms with Crippen LogP contribution >= 0.6 is 0 Å². The van der Waals surface area contributed by atoms with Gasteiger partial charge in [-0.25, -0.2) is 0 Å². The summed E-state index contributed by atoms with van der Waals surface area (Å²) in [6.07, 6.45) is 4.50. The Morgan fingerprint density at radius 3 is 0.750 bits per heavy atom. The van der Waals surface area contributed by atoms with Gasteiger partial charge >= 0.3 is 93.3 Å². The van der Waals surface area contributed by atoms with Crippen LogP contribution in [0.3, 0.4) is 0 Å².